The van der Waals surface area contributed by atoms with E-state index in [0.717, 1.165) is 22.6 Å². The number of hydrogen-bond donors (Lipinski definition) is 1. The zero-order valence-corrected chi connectivity index (χ0v) is 15.1. The highest BCUT2D eigenvalue weighted by Crippen LogP contribution is 2.25. The Morgan fingerprint density at radius 2 is 1.80 bits per heavy atom. The fourth-order valence-electron chi connectivity index (χ4n) is 2.37. The first kappa shape index (κ1) is 17.2. The van der Waals surface area contributed by atoms with Gasteiger partial charge in [0.1, 0.15) is 5.75 Å². The minimum atomic E-state index is -0.208. The summed E-state index contributed by atoms with van der Waals surface area (Å²) in [4.78, 5) is 17.7. The number of anilines is 1. The van der Waals surface area contributed by atoms with E-state index in [-0.39, 0.29) is 12.5 Å². The molecular formula is C20H20N2O2S. The number of nitrogens with one attached hydrogen (secondary N) is 1. The Kier molecular flexibility index (Phi) is 5.46. The number of amides is 1. The van der Waals surface area contributed by atoms with Crippen molar-refractivity contribution in [2.45, 2.75) is 20.3 Å². The van der Waals surface area contributed by atoms with E-state index in [1.165, 1.54) is 16.9 Å². The Hall–Kier alpha value is -2.66. The number of aromatic nitrogens is 1. The summed E-state index contributed by atoms with van der Waals surface area (Å²) in [6, 6.07) is 17.8. The van der Waals surface area contributed by atoms with Crippen LogP contribution in [0.2, 0.25) is 0 Å². The number of ether oxygens (including phenoxy) is 1. The van der Waals surface area contributed by atoms with Crippen molar-refractivity contribution in [1.29, 1.82) is 0 Å². The van der Waals surface area contributed by atoms with Crippen molar-refractivity contribution in [3.63, 3.8) is 0 Å². The molecule has 0 fully saturated rings. The summed E-state index contributed by atoms with van der Waals surface area (Å²) in [5, 5.41) is 3.43. The van der Waals surface area contributed by atoms with Crippen LogP contribution >= 0.6 is 11.3 Å². The number of thiazole rings is 1. The number of carbonyl (C=O) groups is 1. The van der Waals surface area contributed by atoms with E-state index in [0.29, 0.717) is 10.9 Å². The number of carbonyl (C=O) groups excluding carboxylic acids is 1. The van der Waals surface area contributed by atoms with Crippen molar-refractivity contribution in [3.05, 3.63) is 76.3 Å². The molecule has 0 saturated carbocycles. The smallest absolute Gasteiger partial charge is 0.264 e. The molecule has 3 rings (SSSR count). The molecule has 0 spiro atoms. The first-order valence-corrected chi connectivity index (χ1v) is 8.91. The van der Waals surface area contributed by atoms with E-state index in [2.05, 4.69) is 22.4 Å². The predicted octanol–water partition coefficient (Wildman–Crippen LogP) is 4.37. The summed E-state index contributed by atoms with van der Waals surface area (Å²) in [6.07, 6.45) is 0.820. The maximum absolute atomic E-state index is 12.1. The number of rotatable bonds is 6. The first-order chi connectivity index (χ1) is 12.1. The van der Waals surface area contributed by atoms with Gasteiger partial charge in [-0.2, -0.15) is 0 Å². The second-order valence-corrected chi connectivity index (χ2v) is 6.92. The first-order valence-electron chi connectivity index (χ1n) is 8.10. The molecule has 1 aromatic heterocycles. The second-order valence-electron chi connectivity index (χ2n) is 5.84. The Balaban J connectivity index is 1.56. The fraction of sp³-hybridized carbons (Fsp3) is 0.200. The van der Waals surface area contributed by atoms with Gasteiger partial charge in [-0.3, -0.25) is 10.1 Å². The van der Waals surface area contributed by atoms with Crippen LogP contribution in [0.5, 0.6) is 5.75 Å². The molecular weight excluding hydrogens is 332 g/mol. The summed E-state index contributed by atoms with van der Waals surface area (Å²) < 4.78 is 5.49. The topological polar surface area (TPSA) is 51.2 Å². The molecule has 0 aliphatic carbocycles. The lowest BCUT2D eigenvalue weighted by molar-refractivity contribution is -0.118. The van der Waals surface area contributed by atoms with Gasteiger partial charge in [-0.1, -0.05) is 48.0 Å². The molecule has 25 heavy (non-hydrogen) atoms. The van der Waals surface area contributed by atoms with Gasteiger partial charge in [0, 0.05) is 11.3 Å². The van der Waals surface area contributed by atoms with Gasteiger partial charge in [-0.05, 0) is 31.5 Å². The number of benzene rings is 2. The van der Waals surface area contributed by atoms with Crippen molar-refractivity contribution < 1.29 is 9.53 Å². The highest BCUT2D eigenvalue weighted by molar-refractivity contribution is 7.15. The van der Waals surface area contributed by atoms with Crippen LogP contribution in [0.25, 0.3) is 0 Å². The zero-order valence-electron chi connectivity index (χ0n) is 14.3. The number of nitrogens with zero attached hydrogens (tertiary/aromatic N) is 1. The van der Waals surface area contributed by atoms with E-state index < -0.39 is 0 Å². The van der Waals surface area contributed by atoms with Crippen molar-refractivity contribution in [3.8, 4) is 5.75 Å². The summed E-state index contributed by atoms with van der Waals surface area (Å²) >= 11 is 1.51. The monoisotopic (exact) mass is 352 g/mol. The van der Waals surface area contributed by atoms with Gasteiger partial charge >= 0.3 is 0 Å². The molecule has 1 heterocycles. The quantitative estimate of drug-likeness (QED) is 0.717. The predicted molar refractivity (Wildman–Crippen MR) is 101 cm³/mol. The summed E-state index contributed by atoms with van der Waals surface area (Å²) in [6.45, 7) is 3.94. The molecule has 1 N–H and O–H groups in total. The van der Waals surface area contributed by atoms with E-state index in [9.17, 15) is 4.79 Å². The average Bonchev–Trinajstić information content (AvgIpc) is 2.94. The number of hydrogen-bond acceptors (Lipinski definition) is 4. The molecule has 4 nitrogen and oxygen atoms in total. The molecule has 0 unspecified atom stereocenters. The van der Waals surface area contributed by atoms with Crippen molar-refractivity contribution in [2.75, 3.05) is 11.9 Å². The van der Waals surface area contributed by atoms with E-state index in [1.807, 2.05) is 56.3 Å². The third-order valence-electron chi connectivity index (χ3n) is 3.74. The van der Waals surface area contributed by atoms with Gasteiger partial charge < -0.3 is 4.74 Å². The molecule has 1 amide bonds. The lowest BCUT2D eigenvalue weighted by atomic mass is 10.1. The zero-order chi connectivity index (χ0) is 17.6. The molecule has 0 aliphatic heterocycles. The lowest BCUT2D eigenvalue weighted by Gasteiger charge is -2.05. The largest absolute Gasteiger partial charge is 0.484 e. The summed E-state index contributed by atoms with van der Waals surface area (Å²) in [7, 11) is 0. The van der Waals surface area contributed by atoms with Crippen molar-refractivity contribution in [2.24, 2.45) is 0 Å². The molecule has 5 heteroatoms. The maximum Gasteiger partial charge on any atom is 0.264 e. The second kappa shape index (κ2) is 7.94. The van der Waals surface area contributed by atoms with Crippen LogP contribution in [-0.2, 0) is 11.2 Å². The van der Waals surface area contributed by atoms with Crippen LogP contribution < -0.4 is 10.1 Å². The third-order valence-corrected chi connectivity index (χ3v) is 4.81. The standard InChI is InChI=1S/C20H20N2O2S/c1-14-8-10-17(11-9-14)24-13-19(23)22-20-21-15(2)18(25-20)12-16-6-4-3-5-7-16/h3-11H,12-13H2,1-2H3,(H,21,22,23). The van der Waals surface area contributed by atoms with Crippen LogP contribution in [0.4, 0.5) is 5.13 Å². The van der Waals surface area contributed by atoms with Crippen LogP contribution in [0.3, 0.4) is 0 Å². The molecule has 128 valence electrons. The molecule has 0 saturated heterocycles. The average molecular weight is 352 g/mol. The van der Waals surface area contributed by atoms with Gasteiger partial charge in [0.15, 0.2) is 11.7 Å². The molecule has 0 aliphatic rings. The Labute approximate surface area is 151 Å². The normalized spacial score (nSPS) is 10.5. The number of aryl methyl sites for hydroxylation is 2. The summed E-state index contributed by atoms with van der Waals surface area (Å²) in [5.74, 6) is 0.474. The maximum atomic E-state index is 12.1. The minimum Gasteiger partial charge on any atom is -0.484 e. The minimum absolute atomic E-state index is 0.0320. The van der Waals surface area contributed by atoms with Gasteiger partial charge in [-0.15, -0.1) is 11.3 Å². The van der Waals surface area contributed by atoms with Crippen LogP contribution in [0, 0.1) is 13.8 Å². The van der Waals surface area contributed by atoms with Crippen molar-refractivity contribution in [1.82, 2.24) is 4.98 Å². The molecule has 3 aromatic rings. The Morgan fingerprint density at radius 3 is 2.52 bits per heavy atom. The summed E-state index contributed by atoms with van der Waals surface area (Å²) in [5.41, 5.74) is 3.33. The van der Waals surface area contributed by atoms with Gasteiger partial charge in [0.2, 0.25) is 0 Å². The molecule has 0 atom stereocenters. The molecule has 2 aromatic carbocycles. The van der Waals surface area contributed by atoms with Gasteiger partial charge in [0.25, 0.3) is 5.91 Å². The molecule has 0 radical (unpaired) electrons. The van der Waals surface area contributed by atoms with Crippen LogP contribution in [0.1, 0.15) is 21.7 Å². The van der Waals surface area contributed by atoms with E-state index >= 15 is 0 Å². The Bertz CT molecular complexity index is 842. The third kappa shape index (κ3) is 4.90. The van der Waals surface area contributed by atoms with Gasteiger partial charge in [0.05, 0.1) is 5.69 Å². The SMILES string of the molecule is Cc1ccc(OCC(=O)Nc2nc(C)c(Cc3ccccc3)s2)cc1. The Morgan fingerprint density at radius 1 is 1.08 bits per heavy atom. The van der Waals surface area contributed by atoms with E-state index in [4.69, 9.17) is 4.74 Å². The lowest BCUT2D eigenvalue weighted by Crippen LogP contribution is -2.20. The van der Waals surface area contributed by atoms with Gasteiger partial charge in [-0.25, -0.2) is 4.98 Å². The van der Waals surface area contributed by atoms with E-state index in [1.54, 1.807) is 0 Å². The van der Waals surface area contributed by atoms with Crippen molar-refractivity contribution >= 4 is 22.4 Å². The molecule has 0 bridgehead atoms. The highest BCUT2D eigenvalue weighted by Gasteiger charge is 2.11. The fourth-order valence-corrected chi connectivity index (χ4v) is 3.38. The van der Waals surface area contributed by atoms with Crippen LogP contribution in [0.15, 0.2) is 54.6 Å². The highest BCUT2D eigenvalue weighted by atomic mass is 32.1. The van der Waals surface area contributed by atoms with Crippen LogP contribution in [-0.4, -0.2) is 17.5 Å².